The van der Waals surface area contributed by atoms with Crippen LogP contribution in [0.2, 0.25) is 0 Å². The van der Waals surface area contributed by atoms with E-state index in [1.165, 1.54) is 24.9 Å². The topological polar surface area (TPSA) is 61.9 Å². The van der Waals surface area contributed by atoms with E-state index in [9.17, 15) is 9.59 Å². The summed E-state index contributed by atoms with van der Waals surface area (Å²) in [4.78, 5) is 28.7. The van der Waals surface area contributed by atoms with Crippen LogP contribution in [-0.2, 0) is 14.3 Å². The second-order valence-corrected chi connectivity index (χ2v) is 7.17. The number of carbonyl (C=O) groups excluding carboxylic acids is 2. The highest BCUT2D eigenvalue weighted by molar-refractivity contribution is 5.97. The van der Waals surface area contributed by atoms with Gasteiger partial charge < -0.3 is 19.9 Å². The van der Waals surface area contributed by atoms with Crippen molar-refractivity contribution < 1.29 is 14.3 Å². The van der Waals surface area contributed by atoms with Gasteiger partial charge in [-0.05, 0) is 49.9 Å². The molecule has 2 fully saturated rings. The second kappa shape index (κ2) is 9.03. The summed E-state index contributed by atoms with van der Waals surface area (Å²) < 4.78 is 5.02. The third kappa shape index (κ3) is 4.75. The molecule has 0 spiro atoms. The van der Waals surface area contributed by atoms with E-state index in [4.69, 9.17) is 4.74 Å². The number of piperidine rings is 1. The maximum Gasteiger partial charge on any atom is 0.229 e. The highest BCUT2D eigenvalue weighted by atomic mass is 16.5. The van der Waals surface area contributed by atoms with E-state index in [1.807, 2.05) is 12.1 Å². The lowest BCUT2D eigenvalue weighted by Gasteiger charge is -2.28. The SMILES string of the molecule is COCCCN1CC(C(=O)Nc2ccc(N3CCCCC3)cc2)CC1=O. The molecule has 1 atom stereocenters. The van der Waals surface area contributed by atoms with Crippen molar-refractivity contribution in [1.29, 1.82) is 0 Å². The van der Waals surface area contributed by atoms with E-state index in [0.717, 1.165) is 25.2 Å². The molecule has 2 aliphatic rings. The van der Waals surface area contributed by atoms with Crippen molar-refractivity contribution in [2.45, 2.75) is 32.1 Å². The first kappa shape index (κ1) is 18.7. The van der Waals surface area contributed by atoms with Gasteiger partial charge in [0.2, 0.25) is 11.8 Å². The molecule has 2 aliphatic heterocycles. The molecule has 1 N–H and O–H groups in total. The van der Waals surface area contributed by atoms with Crippen LogP contribution in [0.25, 0.3) is 0 Å². The summed E-state index contributed by atoms with van der Waals surface area (Å²) in [5, 5.41) is 2.96. The van der Waals surface area contributed by atoms with Crippen LogP contribution in [0.15, 0.2) is 24.3 Å². The molecule has 3 rings (SSSR count). The van der Waals surface area contributed by atoms with Crippen molar-refractivity contribution in [3.8, 4) is 0 Å². The molecule has 2 amide bonds. The van der Waals surface area contributed by atoms with Crippen molar-refractivity contribution >= 4 is 23.2 Å². The molecule has 6 heteroatoms. The molecule has 1 aromatic rings. The van der Waals surface area contributed by atoms with Gasteiger partial charge in [0.1, 0.15) is 0 Å². The Bertz CT molecular complexity index is 611. The zero-order valence-corrected chi connectivity index (χ0v) is 15.6. The van der Waals surface area contributed by atoms with Gasteiger partial charge in [0.05, 0.1) is 5.92 Å². The summed E-state index contributed by atoms with van der Waals surface area (Å²) in [6, 6.07) is 8.04. The van der Waals surface area contributed by atoms with Crippen molar-refractivity contribution in [2.24, 2.45) is 5.92 Å². The first-order valence-corrected chi connectivity index (χ1v) is 9.60. The van der Waals surface area contributed by atoms with Gasteiger partial charge in [0.25, 0.3) is 0 Å². The Kier molecular flexibility index (Phi) is 6.50. The second-order valence-electron chi connectivity index (χ2n) is 7.17. The minimum absolute atomic E-state index is 0.0571. The number of carbonyl (C=O) groups is 2. The number of benzene rings is 1. The normalized spacial score (nSPS) is 20.5. The molecule has 0 saturated carbocycles. The smallest absolute Gasteiger partial charge is 0.229 e. The molecule has 1 unspecified atom stereocenters. The van der Waals surface area contributed by atoms with Crippen molar-refractivity contribution in [3.05, 3.63) is 24.3 Å². The van der Waals surface area contributed by atoms with Crippen LogP contribution in [0, 0.1) is 5.92 Å². The van der Waals surface area contributed by atoms with Crippen LogP contribution in [0.3, 0.4) is 0 Å². The molecule has 0 aromatic heterocycles. The van der Waals surface area contributed by atoms with E-state index < -0.39 is 0 Å². The molecule has 0 aliphatic carbocycles. The number of hydrogen-bond donors (Lipinski definition) is 1. The Morgan fingerprint density at radius 3 is 2.62 bits per heavy atom. The number of anilines is 2. The van der Waals surface area contributed by atoms with Gasteiger partial charge >= 0.3 is 0 Å². The summed E-state index contributed by atoms with van der Waals surface area (Å²) >= 11 is 0. The van der Waals surface area contributed by atoms with Gasteiger partial charge in [-0.1, -0.05) is 0 Å². The van der Waals surface area contributed by atoms with Crippen LogP contribution < -0.4 is 10.2 Å². The Labute approximate surface area is 155 Å². The van der Waals surface area contributed by atoms with Crippen LogP contribution in [0.5, 0.6) is 0 Å². The maximum atomic E-state index is 12.5. The average Bonchev–Trinajstić information content (AvgIpc) is 3.04. The maximum absolute atomic E-state index is 12.5. The van der Waals surface area contributed by atoms with Crippen molar-refractivity contribution in [2.75, 3.05) is 50.1 Å². The fourth-order valence-corrected chi connectivity index (χ4v) is 3.72. The van der Waals surface area contributed by atoms with Gasteiger partial charge in [-0.3, -0.25) is 9.59 Å². The van der Waals surface area contributed by atoms with Crippen LogP contribution in [-0.4, -0.2) is 56.6 Å². The van der Waals surface area contributed by atoms with Crippen LogP contribution in [0.1, 0.15) is 32.1 Å². The number of hydrogen-bond acceptors (Lipinski definition) is 4. The molecule has 0 bridgehead atoms. The first-order valence-electron chi connectivity index (χ1n) is 9.60. The van der Waals surface area contributed by atoms with E-state index in [1.54, 1.807) is 12.0 Å². The standard InChI is InChI=1S/C20H29N3O3/c1-26-13-5-12-23-15-16(14-19(23)24)20(25)21-17-6-8-18(9-7-17)22-10-3-2-4-11-22/h6-9,16H,2-5,10-15H2,1H3,(H,21,25). The highest BCUT2D eigenvalue weighted by Crippen LogP contribution is 2.23. The van der Waals surface area contributed by atoms with Crippen LogP contribution in [0.4, 0.5) is 11.4 Å². The predicted molar refractivity (Wildman–Crippen MR) is 102 cm³/mol. The Hall–Kier alpha value is -2.08. The van der Waals surface area contributed by atoms with Gasteiger partial charge in [-0.25, -0.2) is 0 Å². The van der Waals surface area contributed by atoms with E-state index in [2.05, 4.69) is 22.3 Å². The minimum Gasteiger partial charge on any atom is -0.385 e. The zero-order valence-electron chi connectivity index (χ0n) is 15.6. The van der Waals surface area contributed by atoms with Crippen molar-refractivity contribution in [3.63, 3.8) is 0 Å². The van der Waals surface area contributed by atoms with E-state index in [0.29, 0.717) is 26.1 Å². The summed E-state index contributed by atoms with van der Waals surface area (Å²) in [6.07, 6.45) is 4.90. The molecule has 6 nitrogen and oxygen atoms in total. The largest absolute Gasteiger partial charge is 0.385 e. The van der Waals surface area contributed by atoms with Crippen LogP contribution >= 0.6 is 0 Å². The van der Waals surface area contributed by atoms with Gasteiger partial charge in [-0.2, -0.15) is 0 Å². The average molecular weight is 359 g/mol. The summed E-state index contributed by atoms with van der Waals surface area (Å²) in [7, 11) is 1.65. The lowest BCUT2D eigenvalue weighted by atomic mass is 10.1. The number of amides is 2. The number of nitrogens with zero attached hydrogens (tertiary/aromatic N) is 2. The lowest BCUT2D eigenvalue weighted by molar-refractivity contribution is -0.128. The quantitative estimate of drug-likeness (QED) is 0.760. The molecule has 2 saturated heterocycles. The van der Waals surface area contributed by atoms with Gasteiger partial charge in [0.15, 0.2) is 0 Å². The zero-order chi connectivity index (χ0) is 18.4. The monoisotopic (exact) mass is 359 g/mol. The fraction of sp³-hybridized carbons (Fsp3) is 0.600. The lowest BCUT2D eigenvalue weighted by Crippen LogP contribution is -2.30. The molecule has 142 valence electrons. The third-order valence-electron chi connectivity index (χ3n) is 5.22. The number of ether oxygens (including phenoxy) is 1. The molecular formula is C20H29N3O3. The molecular weight excluding hydrogens is 330 g/mol. The molecule has 1 aromatic carbocycles. The number of rotatable bonds is 7. The molecule has 0 radical (unpaired) electrons. The predicted octanol–water partition coefficient (Wildman–Crippen LogP) is 2.50. The Morgan fingerprint density at radius 1 is 1.19 bits per heavy atom. The summed E-state index contributed by atoms with van der Waals surface area (Å²) in [5.41, 5.74) is 2.00. The first-order chi connectivity index (χ1) is 12.7. The fourth-order valence-electron chi connectivity index (χ4n) is 3.72. The highest BCUT2D eigenvalue weighted by Gasteiger charge is 2.33. The Balaban J connectivity index is 1.50. The van der Waals surface area contributed by atoms with E-state index >= 15 is 0 Å². The third-order valence-corrected chi connectivity index (χ3v) is 5.22. The van der Waals surface area contributed by atoms with Gasteiger partial charge in [-0.15, -0.1) is 0 Å². The number of methoxy groups -OCH3 is 1. The Morgan fingerprint density at radius 2 is 1.92 bits per heavy atom. The van der Waals surface area contributed by atoms with Crippen molar-refractivity contribution in [1.82, 2.24) is 4.90 Å². The minimum atomic E-state index is -0.271. The number of nitrogens with one attached hydrogen (secondary N) is 1. The van der Waals surface area contributed by atoms with Gasteiger partial charge in [0, 0.05) is 57.7 Å². The van der Waals surface area contributed by atoms with E-state index in [-0.39, 0.29) is 17.7 Å². The molecule has 2 heterocycles. The number of likely N-dealkylation sites (tertiary alicyclic amines) is 1. The summed E-state index contributed by atoms with van der Waals surface area (Å²) in [5.74, 6) is -0.285. The summed E-state index contributed by atoms with van der Waals surface area (Å²) in [6.45, 7) is 3.99. The molecule has 26 heavy (non-hydrogen) atoms.